The van der Waals surface area contributed by atoms with Gasteiger partial charge in [0.25, 0.3) is 3.70 Å². The Morgan fingerprint density at radius 1 is 1.67 bits per heavy atom. The predicted octanol–water partition coefficient (Wildman–Crippen LogP) is -0.415. The second kappa shape index (κ2) is 4.62. The van der Waals surface area contributed by atoms with Crippen molar-refractivity contribution >= 4 is 28.6 Å². The first-order chi connectivity index (χ1) is 6.93. The Morgan fingerprint density at radius 3 is 2.80 bits per heavy atom. The van der Waals surface area contributed by atoms with Crippen molar-refractivity contribution in [1.82, 2.24) is 0 Å². The van der Waals surface area contributed by atoms with Crippen LogP contribution in [0, 0.1) is 8.91 Å². The largest absolute Gasteiger partial charge is 0.618 e. The van der Waals surface area contributed by atoms with Gasteiger partial charge in [-0.05, 0) is 6.07 Å². The summed E-state index contributed by atoms with van der Waals surface area (Å²) in [5.74, 6) is -1.31. The lowest BCUT2D eigenvalue weighted by Gasteiger charge is -2.09. The van der Waals surface area contributed by atoms with Gasteiger partial charge in [0.2, 0.25) is 0 Å². The number of carboxylic acid groups (broad SMARTS) is 1. The van der Waals surface area contributed by atoms with E-state index >= 15 is 0 Å². The van der Waals surface area contributed by atoms with Crippen LogP contribution in [0.15, 0.2) is 12.1 Å². The van der Waals surface area contributed by atoms with Crippen LogP contribution in [0.4, 0.5) is 0 Å². The Labute approximate surface area is 99.1 Å². The van der Waals surface area contributed by atoms with Crippen LogP contribution in [0.2, 0.25) is 0 Å². The van der Waals surface area contributed by atoms with Gasteiger partial charge in [-0.25, -0.2) is 0 Å². The maximum atomic E-state index is 11.4. The second-order valence-electron chi connectivity index (χ2n) is 2.94. The number of hydrogen-bond donors (Lipinski definition) is 3. The number of nitrogens with two attached hydrogens (primary N) is 1. The Kier molecular flexibility index (Phi) is 3.69. The minimum absolute atomic E-state index is 0.0743. The molecule has 0 aliphatic heterocycles. The van der Waals surface area contributed by atoms with Crippen molar-refractivity contribution in [2.75, 3.05) is 0 Å². The lowest BCUT2D eigenvalue weighted by molar-refractivity contribution is -0.628. The van der Waals surface area contributed by atoms with E-state index in [1.54, 1.807) is 22.6 Å². The van der Waals surface area contributed by atoms with Gasteiger partial charge in [0.1, 0.15) is 6.04 Å². The first-order valence-electron chi connectivity index (χ1n) is 4.01. The molecule has 1 heterocycles. The van der Waals surface area contributed by atoms with Crippen LogP contribution in [-0.4, -0.2) is 22.2 Å². The average molecular weight is 324 g/mol. The van der Waals surface area contributed by atoms with Crippen molar-refractivity contribution in [3.63, 3.8) is 0 Å². The van der Waals surface area contributed by atoms with Gasteiger partial charge in [0, 0.05) is 28.7 Å². The third-order valence-corrected chi connectivity index (χ3v) is 2.82. The summed E-state index contributed by atoms with van der Waals surface area (Å²) in [5, 5.41) is 29.2. The van der Waals surface area contributed by atoms with Crippen molar-refractivity contribution in [3.8, 4) is 5.75 Å². The zero-order chi connectivity index (χ0) is 11.6. The zero-order valence-electron chi connectivity index (χ0n) is 7.55. The van der Waals surface area contributed by atoms with Gasteiger partial charge in [-0.2, -0.15) is 4.73 Å². The van der Waals surface area contributed by atoms with Crippen LogP contribution >= 0.6 is 22.6 Å². The van der Waals surface area contributed by atoms with Crippen molar-refractivity contribution < 1.29 is 19.7 Å². The fourth-order valence-electron chi connectivity index (χ4n) is 1.01. The maximum Gasteiger partial charge on any atom is 0.321 e. The summed E-state index contributed by atoms with van der Waals surface area (Å²) in [6, 6.07) is 1.57. The van der Waals surface area contributed by atoms with Crippen LogP contribution in [0.5, 0.6) is 5.75 Å². The first kappa shape index (κ1) is 12.0. The molecule has 1 unspecified atom stereocenters. The third kappa shape index (κ3) is 2.69. The molecule has 0 fully saturated rings. The van der Waals surface area contributed by atoms with E-state index in [0.717, 1.165) is 0 Å². The summed E-state index contributed by atoms with van der Waals surface area (Å²) < 4.78 is 0.571. The summed E-state index contributed by atoms with van der Waals surface area (Å²) in [6.07, 6.45) is -0.0743. The number of aliphatic carboxylic acids is 1. The van der Waals surface area contributed by atoms with E-state index in [1.807, 2.05) is 0 Å². The number of carboxylic acids is 1. The Bertz CT molecular complexity index is 396. The Morgan fingerprint density at radius 2 is 2.27 bits per heavy atom. The molecule has 1 aromatic rings. The summed E-state index contributed by atoms with van der Waals surface area (Å²) in [5.41, 5.74) is 5.50. The number of carbonyl (C=O) groups is 1. The quantitative estimate of drug-likeness (QED) is 0.303. The maximum absolute atomic E-state index is 11.4. The molecule has 1 atom stereocenters. The Balaban J connectivity index is 2.97. The number of halogens is 1. The van der Waals surface area contributed by atoms with E-state index in [1.165, 1.54) is 12.1 Å². The molecule has 7 heteroatoms. The minimum atomic E-state index is -1.17. The summed E-state index contributed by atoms with van der Waals surface area (Å²) >= 11 is 1.67. The van der Waals surface area contributed by atoms with E-state index in [-0.39, 0.29) is 21.6 Å². The smallest absolute Gasteiger partial charge is 0.321 e. The number of aromatic nitrogens is 1. The van der Waals surface area contributed by atoms with Crippen LogP contribution < -0.4 is 10.5 Å². The molecule has 0 aliphatic rings. The molecule has 0 amide bonds. The molecule has 4 N–H and O–H groups in total. The molecule has 0 aromatic carbocycles. The van der Waals surface area contributed by atoms with Gasteiger partial charge in [-0.1, -0.05) is 0 Å². The zero-order valence-corrected chi connectivity index (χ0v) is 9.71. The molecule has 0 saturated heterocycles. The molecule has 82 valence electrons. The lowest BCUT2D eigenvalue weighted by atomic mass is 10.1. The molecule has 0 aliphatic carbocycles. The normalized spacial score (nSPS) is 12.4. The highest BCUT2D eigenvalue weighted by Gasteiger charge is 2.20. The molecule has 15 heavy (non-hydrogen) atoms. The fraction of sp³-hybridized carbons (Fsp3) is 0.250. The summed E-state index contributed by atoms with van der Waals surface area (Å²) in [7, 11) is 0. The van der Waals surface area contributed by atoms with Gasteiger partial charge in [0.05, 0.1) is 6.42 Å². The average Bonchev–Trinajstić information content (AvgIpc) is 2.18. The SMILES string of the molecule is NC(Cc1ccc(O)c(I)[n+]1[O-])C(=O)O. The van der Waals surface area contributed by atoms with E-state index in [0.29, 0.717) is 4.73 Å². The van der Waals surface area contributed by atoms with E-state index in [2.05, 4.69) is 0 Å². The summed E-state index contributed by atoms with van der Waals surface area (Å²) in [4.78, 5) is 10.5. The molecule has 0 bridgehead atoms. The van der Waals surface area contributed by atoms with E-state index < -0.39 is 12.0 Å². The van der Waals surface area contributed by atoms with Crippen molar-refractivity contribution in [2.45, 2.75) is 12.5 Å². The van der Waals surface area contributed by atoms with Gasteiger partial charge in [-0.3, -0.25) is 4.79 Å². The highest BCUT2D eigenvalue weighted by Crippen LogP contribution is 2.15. The fourth-order valence-corrected chi connectivity index (χ4v) is 1.49. The second-order valence-corrected chi connectivity index (χ2v) is 3.97. The molecule has 6 nitrogen and oxygen atoms in total. The number of hydrogen-bond acceptors (Lipinski definition) is 4. The number of rotatable bonds is 3. The molecular formula is C8H9IN2O4. The van der Waals surface area contributed by atoms with Crippen LogP contribution in [0.3, 0.4) is 0 Å². The molecule has 1 rings (SSSR count). The predicted molar refractivity (Wildman–Crippen MR) is 59.1 cm³/mol. The van der Waals surface area contributed by atoms with Crippen LogP contribution in [0.25, 0.3) is 0 Å². The van der Waals surface area contributed by atoms with Crippen molar-refractivity contribution in [1.29, 1.82) is 0 Å². The molecular weight excluding hydrogens is 315 g/mol. The summed E-state index contributed by atoms with van der Waals surface area (Å²) in [6.45, 7) is 0. The number of pyridine rings is 1. The van der Waals surface area contributed by atoms with Crippen molar-refractivity contribution in [2.24, 2.45) is 5.73 Å². The number of aromatic hydroxyl groups is 1. The topological polar surface area (TPSA) is 110 Å². The number of nitrogens with zero attached hydrogens (tertiary/aromatic N) is 1. The third-order valence-electron chi connectivity index (χ3n) is 1.83. The molecule has 0 radical (unpaired) electrons. The van der Waals surface area contributed by atoms with Crippen LogP contribution in [-0.2, 0) is 11.2 Å². The highest BCUT2D eigenvalue weighted by molar-refractivity contribution is 14.1. The molecule has 0 spiro atoms. The first-order valence-corrected chi connectivity index (χ1v) is 5.09. The van der Waals surface area contributed by atoms with E-state index in [4.69, 9.17) is 10.8 Å². The van der Waals surface area contributed by atoms with Crippen LogP contribution in [0.1, 0.15) is 5.69 Å². The van der Waals surface area contributed by atoms with Crippen molar-refractivity contribution in [3.05, 3.63) is 26.7 Å². The minimum Gasteiger partial charge on any atom is -0.618 e. The van der Waals surface area contributed by atoms with Gasteiger partial charge >= 0.3 is 5.97 Å². The standard InChI is InChI=1S/C8H9IN2O4/c9-7-6(12)2-1-4(11(7)15)3-5(10)8(13)14/h1-2,5,12H,3,10H2,(H,13,14). The molecule has 0 saturated carbocycles. The van der Waals surface area contributed by atoms with Gasteiger partial charge in [-0.15, -0.1) is 0 Å². The lowest BCUT2D eigenvalue weighted by Crippen LogP contribution is -2.41. The van der Waals surface area contributed by atoms with Gasteiger partial charge < -0.3 is 21.2 Å². The molecule has 1 aromatic heterocycles. The Hall–Kier alpha value is -1.09. The van der Waals surface area contributed by atoms with E-state index in [9.17, 15) is 15.1 Å². The monoisotopic (exact) mass is 324 g/mol. The van der Waals surface area contributed by atoms with Gasteiger partial charge in [0.15, 0.2) is 11.4 Å². The highest BCUT2D eigenvalue weighted by atomic mass is 127.